The molecule has 0 fully saturated rings. The quantitative estimate of drug-likeness (QED) is 0.620. The lowest BCUT2D eigenvalue weighted by Crippen LogP contribution is -2.33. The van der Waals surface area contributed by atoms with Crippen LogP contribution < -0.4 is 0 Å². The van der Waals surface area contributed by atoms with Gasteiger partial charge in [0.05, 0.1) is 11.5 Å². The second-order valence-corrected chi connectivity index (χ2v) is 6.42. The molecule has 0 spiro atoms. The van der Waals surface area contributed by atoms with Crippen LogP contribution >= 0.6 is 11.8 Å². The highest BCUT2D eigenvalue weighted by Crippen LogP contribution is 2.25. The van der Waals surface area contributed by atoms with Crippen molar-refractivity contribution in [2.75, 3.05) is 13.1 Å². The number of amides is 1. The predicted molar refractivity (Wildman–Crippen MR) is 96.7 cm³/mol. The number of hydrogen-bond acceptors (Lipinski definition) is 6. The van der Waals surface area contributed by atoms with Crippen molar-refractivity contribution in [1.29, 1.82) is 0 Å². The molecule has 25 heavy (non-hydrogen) atoms. The van der Waals surface area contributed by atoms with E-state index in [1.54, 1.807) is 30.3 Å². The highest BCUT2D eigenvalue weighted by Gasteiger charge is 2.28. The number of benzene rings is 1. The van der Waals surface area contributed by atoms with E-state index < -0.39 is 4.92 Å². The van der Waals surface area contributed by atoms with E-state index in [2.05, 4.69) is 9.98 Å². The summed E-state index contributed by atoms with van der Waals surface area (Å²) in [5.74, 6) is 0.404. The molecule has 2 heterocycles. The molecule has 0 N–H and O–H groups in total. The van der Waals surface area contributed by atoms with Crippen molar-refractivity contribution in [1.82, 2.24) is 9.88 Å². The maximum Gasteiger partial charge on any atom is 0.273 e. The zero-order valence-corrected chi connectivity index (χ0v) is 14.4. The van der Waals surface area contributed by atoms with Crippen molar-refractivity contribution < 1.29 is 9.72 Å². The standard InChI is InChI=1S/C17H16N4O3S/c1-12-14(5-2-6-15(12)21(23)24)16(22)20-9-8-19-17(20)25-11-13-4-3-7-18-10-13/h2-7,10H,8-9,11H2,1H3. The number of amidine groups is 1. The molecule has 3 rings (SSSR count). The molecule has 0 unspecified atom stereocenters. The van der Waals surface area contributed by atoms with E-state index >= 15 is 0 Å². The summed E-state index contributed by atoms with van der Waals surface area (Å²) in [5.41, 5.74) is 1.71. The van der Waals surface area contributed by atoms with Crippen molar-refractivity contribution in [3.05, 3.63) is 69.5 Å². The SMILES string of the molecule is Cc1c(C(=O)N2CCN=C2SCc2cccnc2)cccc1[N+](=O)[O-]. The molecule has 1 aromatic carbocycles. The molecule has 0 saturated carbocycles. The number of aliphatic imine (C=N–C) groups is 1. The van der Waals surface area contributed by atoms with Gasteiger partial charge in [-0.15, -0.1) is 0 Å². The number of carbonyl (C=O) groups is 1. The number of aromatic nitrogens is 1. The van der Waals surface area contributed by atoms with Crippen LogP contribution in [0, 0.1) is 17.0 Å². The summed E-state index contributed by atoms with van der Waals surface area (Å²) in [5, 5.41) is 11.7. The maximum atomic E-state index is 12.9. The van der Waals surface area contributed by atoms with Gasteiger partial charge in [-0.25, -0.2) is 0 Å². The van der Waals surface area contributed by atoms with Crippen LogP contribution in [0.15, 0.2) is 47.7 Å². The van der Waals surface area contributed by atoms with Gasteiger partial charge in [0.25, 0.3) is 11.6 Å². The minimum Gasteiger partial charge on any atom is -0.286 e. The van der Waals surface area contributed by atoms with E-state index in [1.165, 1.54) is 23.9 Å². The fourth-order valence-corrected chi connectivity index (χ4v) is 3.55. The Hall–Kier alpha value is -2.74. The van der Waals surface area contributed by atoms with Gasteiger partial charge in [0.2, 0.25) is 0 Å². The van der Waals surface area contributed by atoms with Gasteiger partial charge in [0.1, 0.15) is 0 Å². The Labute approximate surface area is 148 Å². The van der Waals surface area contributed by atoms with E-state index in [4.69, 9.17) is 0 Å². The lowest BCUT2D eigenvalue weighted by molar-refractivity contribution is -0.385. The van der Waals surface area contributed by atoms with Gasteiger partial charge in [-0.3, -0.25) is 29.8 Å². The maximum absolute atomic E-state index is 12.9. The first-order valence-electron chi connectivity index (χ1n) is 7.70. The van der Waals surface area contributed by atoms with Crippen LogP contribution in [0.4, 0.5) is 5.69 Å². The van der Waals surface area contributed by atoms with Gasteiger partial charge in [-0.05, 0) is 24.6 Å². The average molecular weight is 356 g/mol. The van der Waals surface area contributed by atoms with Gasteiger partial charge in [0, 0.05) is 41.9 Å². The van der Waals surface area contributed by atoms with Crippen LogP contribution in [-0.4, -0.2) is 39.0 Å². The van der Waals surface area contributed by atoms with E-state index in [0.29, 0.717) is 35.1 Å². The summed E-state index contributed by atoms with van der Waals surface area (Å²) in [7, 11) is 0. The molecule has 1 amide bonds. The number of pyridine rings is 1. The highest BCUT2D eigenvalue weighted by molar-refractivity contribution is 8.13. The number of nitrogens with zero attached hydrogens (tertiary/aromatic N) is 4. The molecule has 1 aliphatic heterocycles. The molecule has 128 valence electrons. The Morgan fingerprint density at radius 3 is 2.92 bits per heavy atom. The van der Waals surface area contributed by atoms with Gasteiger partial charge in [-0.1, -0.05) is 23.9 Å². The smallest absolute Gasteiger partial charge is 0.273 e. The van der Waals surface area contributed by atoms with Gasteiger partial charge in [0.15, 0.2) is 5.17 Å². The minimum atomic E-state index is -0.470. The summed E-state index contributed by atoms with van der Waals surface area (Å²) < 4.78 is 0. The average Bonchev–Trinajstić information content (AvgIpc) is 3.09. The summed E-state index contributed by atoms with van der Waals surface area (Å²) in [6.45, 7) is 2.62. The third kappa shape index (κ3) is 3.69. The fraction of sp³-hybridized carbons (Fsp3) is 0.235. The monoisotopic (exact) mass is 356 g/mol. The second-order valence-electron chi connectivity index (χ2n) is 5.48. The molecule has 0 atom stereocenters. The van der Waals surface area contributed by atoms with Crippen molar-refractivity contribution >= 4 is 28.5 Å². The molecule has 2 aromatic rings. The first kappa shape index (κ1) is 17.1. The molecule has 0 bridgehead atoms. The van der Waals surface area contributed by atoms with Crippen molar-refractivity contribution in [3.63, 3.8) is 0 Å². The topological polar surface area (TPSA) is 88.7 Å². The molecular weight excluding hydrogens is 340 g/mol. The largest absolute Gasteiger partial charge is 0.286 e. The van der Waals surface area contributed by atoms with Crippen LogP contribution in [0.3, 0.4) is 0 Å². The second kappa shape index (κ2) is 7.43. The normalized spacial score (nSPS) is 13.6. The lowest BCUT2D eigenvalue weighted by atomic mass is 10.1. The Morgan fingerprint density at radius 2 is 2.20 bits per heavy atom. The Kier molecular flexibility index (Phi) is 5.08. The van der Waals surface area contributed by atoms with Crippen LogP contribution in [-0.2, 0) is 5.75 Å². The first-order valence-corrected chi connectivity index (χ1v) is 8.68. The van der Waals surface area contributed by atoms with Crippen LogP contribution in [0.2, 0.25) is 0 Å². The van der Waals surface area contributed by atoms with E-state index in [9.17, 15) is 14.9 Å². The summed E-state index contributed by atoms with van der Waals surface area (Å²) in [6, 6.07) is 8.39. The molecule has 1 aromatic heterocycles. The van der Waals surface area contributed by atoms with Gasteiger partial charge < -0.3 is 0 Å². The van der Waals surface area contributed by atoms with E-state index in [-0.39, 0.29) is 11.6 Å². The summed E-state index contributed by atoms with van der Waals surface area (Å²) in [4.78, 5) is 33.5. The number of rotatable bonds is 4. The molecule has 0 radical (unpaired) electrons. The van der Waals surface area contributed by atoms with Crippen molar-refractivity contribution in [2.24, 2.45) is 4.99 Å². The Morgan fingerprint density at radius 1 is 1.36 bits per heavy atom. The predicted octanol–water partition coefficient (Wildman–Crippen LogP) is 3.04. The lowest BCUT2D eigenvalue weighted by Gasteiger charge is -2.19. The molecular formula is C17H16N4O3S. The first-order chi connectivity index (χ1) is 12.1. The van der Waals surface area contributed by atoms with E-state index in [1.807, 2.05) is 12.1 Å². The highest BCUT2D eigenvalue weighted by atomic mass is 32.2. The van der Waals surface area contributed by atoms with Crippen LogP contribution in [0.5, 0.6) is 0 Å². The number of nitro benzene ring substituents is 1. The molecule has 0 aliphatic carbocycles. The number of thioether (sulfide) groups is 1. The fourth-order valence-electron chi connectivity index (χ4n) is 2.57. The van der Waals surface area contributed by atoms with Crippen LogP contribution in [0.1, 0.15) is 21.5 Å². The third-order valence-corrected chi connectivity index (χ3v) is 4.96. The molecule has 1 aliphatic rings. The summed E-state index contributed by atoms with van der Waals surface area (Å²) in [6.07, 6.45) is 3.49. The number of hydrogen-bond donors (Lipinski definition) is 0. The Balaban J connectivity index is 1.77. The number of nitro groups is 1. The molecule has 8 heteroatoms. The minimum absolute atomic E-state index is 0.0495. The van der Waals surface area contributed by atoms with Crippen molar-refractivity contribution in [2.45, 2.75) is 12.7 Å². The van der Waals surface area contributed by atoms with Gasteiger partial charge in [-0.2, -0.15) is 0 Å². The van der Waals surface area contributed by atoms with Gasteiger partial charge >= 0.3 is 0 Å². The summed E-state index contributed by atoms with van der Waals surface area (Å²) >= 11 is 1.47. The van der Waals surface area contributed by atoms with Crippen LogP contribution in [0.25, 0.3) is 0 Å². The van der Waals surface area contributed by atoms with Crippen molar-refractivity contribution in [3.8, 4) is 0 Å². The third-order valence-electron chi connectivity index (χ3n) is 3.87. The zero-order valence-electron chi connectivity index (χ0n) is 13.6. The Bertz CT molecular complexity index is 839. The number of carbonyl (C=O) groups excluding carboxylic acids is 1. The zero-order chi connectivity index (χ0) is 17.8. The molecule has 7 nitrogen and oxygen atoms in total. The van der Waals surface area contributed by atoms with E-state index in [0.717, 1.165) is 5.56 Å². The molecule has 0 saturated heterocycles.